The monoisotopic (exact) mass is 334 g/mol. The van der Waals surface area contributed by atoms with Gasteiger partial charge in [-0.15, -0.1) is 0 Å². The highest BCUT2D eigenvalue weighted by molar-refractivity contribution is 6.36. The van der Waals surface area contributed by atoms with Gasteiger partial charge in [-0.2, -0.15) is 0 Å². The Morgan fingerprint density at radius 2 is 2.05 bits per heavy atom. The topological polar surface area (TPSA) is 55.1 Å². The summed E-state index contributed by atoms with van der Waals surface area (Å²) in [6.07, 6.45) is 0. The summed E-state index contributed by atoms with van der Waals surface area (Å²) >= 11 is 11.8. The number of carbonyl (C=O) groups excluding carboxylic acids is 1. The number of amides is 1. The van der Waals surface area contributed by atoms with Gasteiger partial charge >= 0.3 is 0 Å². The summed E-state index contributed by atoms with van der Waals surface area (Å²) < 4.78 is 5.42. The molecule has 0 bridgehead atoms. The molecule has 22 heavy (non-hydrogen) atoms. The predicted octanol–water partition coefficient (Wildman–Crippen LogP) is 4.37. The Bertz CT molecular complexity index is 858. The van der Waals surface area contributed by atoms with Crippen molar-refractivity contribution in [2.24, 2.45) is 0 Å². The molecule has 0 aliphatic carbocycles. The molecule has 1 heterocycles. The zero-order valence-corrected chi connectivity index (χ0v) is 13.2. The molecule has 3 rings (SSSR count). The van der Waals surface area contributed by atoms with E-state index in [9.17, 15) is 4.79 Å². The van der Waals surface area contributed by atoms with E-state index in [-0.39, 0.29) is 5.91 Å². The molecule has 2 aromatic carbocycles. The van der Waals surface area contributed by atoms with Gasteiger partial charge in [0.1, 0.15) is 5.52 Å². The maximum Gasteiger partial charge on any atom is 0.253 e. The van der Waals surface area contributed by atoms with Gasteiger partial charge in [-0.3, -0.25) is 4.79 Å². The molecule has 1 N–H and O–H groups in total. The van der Waals surface area contributed by atoms with Crippen molar-refractivity contribution in [1.29, 1.82) is 0 Å². The fourth-order valence-corrected chi connectivity index (χ4v) is 2.64. The number of fused-ring (bicyclic) bond motifs is 1. The molecule has 0 spiro atoms. The number of aryl methyl sites for hydroxylation is 1. The van der Waals surface area contributed by atoms with Gasteiger partial charge in [-0.25, -0.2) is 4.98 Å². The van der Waals surface area contributed by atoms with E-state index in [1.807, 2.05) is 18.2 Å². The second kappa shape index (κ2) is 5.99. The van der Waals surface area contributed by atoms with Crippen LogP contribution in [-0.2, 0) is 6.54 Å². The number of nitrogens with one attached hydrogen (secondary N) is 1. The van der Waals surface area contributed by atoms with Gasteiger partial charge in [-0.1, -0.05) is 29.3 Å². The average Bonchev–Trinajstić information content (AvgIpc) is 2.84. The highest BCUT2D eigenvalue weighted by atomic mass is 35.5. The Hall–Kier alpha value is -2.04. The zero-order valence-electron chi connectivity index (χ0n) is 11.7. The molecule has 6 heteroatoms. The van der Waals surface area contributed by atoms with Crippen LogP contribution < -0.4 is 5.32 Å². The van der Waals surface area contributed by atoms with Crippen LogP contribution in [0.25, 0.3) is 11.1 Å². The van der Waals surface area contributed by atoms with Gasteiger partial charge in [0.05, 0.1) is 10.6 Å². The summed E-state index contributed by atoms with van der Waals surface area (Å²) in [5.41, 5.74) is 2.82. The lowest BCUT2D eigenvalue weighted by molar-refractivity contribution is 0.0951. The number of oxazole rings is 1. The molecule has 0 radical (unpaired) electrons. The first-order valence-corrected chi connectivity index (χ1v) is 7.38. The zero-order chi connectivity index (χ0) is 15.7. The fourth-order valence-electron chi connectivity index (χ4n) is 2.15. The van der Waals surface area contributed by atoms with E-state index in [0.717, 1.165) is 16.7 Å². The first kappa shape index (κ1) is 14.9. The summed E-state index contributed by atoms with van der Waals surface area (Å²) in [5.74, 6) is 0.363. The number of rotatable bonds is 3. The van der Waals surface area contributed by atoms with Crippen molar-refractivity contribution in [2.75, 3.05) is 0 Å². The third-order valence-corrected chi connectivity index (χ3v) is 3.74. The lowest BCUT2D eigenvalue weighted by Gasteiger charge is -2.07. The second-order valence-corrected chi connectivity index (χ2v) is 5.69. The van der Waals surface area contributed by atoms with Crippen LogP contribution in [0.4, 0.5) is 0 Å². The summed E-state index contributed by atoms with van der Waals surface area (Å²) in [5, 5.41) is 3.64. The van der Waals surface area contributed by atoms with Crippen LogP contribution in [0.3, 0.4) is 0 Å². The molecule has 0 fully saturated rings. The molecule has 1 aromatic heterocycles. The summed E-state index contributed by atoms with van der Waals surface area (Å²) in [7, 11) is 0. The quantitative estimate of drug-likeness (QED) is 0.773. The van der Waals surface area contributed by atoms with E-state index in [1.54, 1.807) is 25.1 Å². The normalized spacial score (nSPS) is 10.9. The van der Waals surface area contributed by atoms with Gasteiger partial charge < -0.3 is 9.73 Å². The third-order valence-electron chi connectivity index (χ3n) is 3.19. The first-order chi connectivity index (χ1) is 10.5. The minimum absolute atomic E-state index is 0.252. The van der Waals surface area contributed by atoms with Crippen molar-refractivity contribution in [1.82, 2.24) is 10.3 Å². The number of halogens is 2. The molecule has 0 unspecified atom stereocenters. The number of nitrogens with zero attached hydrogens (tertiary/aromatic N) is 1. The summed E-state index contributed by atoms with van der Waals surface area (Å²) in [6, 6.07) is 10.4. The number of benzene rings is 2. The molecule has 112 valence electrons. The lowest BCUT2D eigenvalue weighted by Crippen LogP contribution is -2.23. The van der Waals surface area contributed by atoms with Crippen molar-refractivity contribution < 1.29 is 9.21 Å². The first-order valence-electron chi connectivity index (χ1n) is 6.62. The third kappa shape index (κ3) is 3.08. The number of aromatic nitrogens is 1. The average molecular weight is 335 g/mol. The Labute approximate surface area is 137 Å². The molecule has 0 aliphatic rings. The standard InChI is InChI=1S/C16H12Cl2N2O2/c1-9-20-14-6-10(2-5-15(14)22-9)8-19-16(21)12-4-3-11(17)7-13(12)18/h2-7H,8H2,1H3,(H,19,21). The minimum Gasteiger partial charge on any atom is -0.441 e. The van der Waals surface area contributed by atoms with Crippen molar-refractivity contribution in [3.05, 3.63) is 63.5 Å². The van der Waals surface area contributed by atoms with Crippen LogP contribution in [-0.4, -0.2) is 10.9 Å². The minimum atomic E-state index is -0.252. The molecule has 1 amide bonds. The van der Waals surface area contributed by atoms with Gasteiger partial charge in [0.25, 0.3) is 5.91 Å². The van der Waals surface area contributed by atoms with Crippen LogP contribution >= 0.6 is 23.2 Å². The van der Waals surface area contributed by atoms with E-state index in [1.165, 1.54) is 0 Å². The maximum absolute atomic E-state index is 12.1. The molecule has 0 aliphatic heterocycles. The van der Waals surface area contributed by atoms with E-state index < -0.39 is 0 Å². The summed E-state index contributed by atoms with van der Waals surface area (Å²) in [6.45, 7) is 2.17. The fraction of sp³-hybridized carbons (Fsp3) is 0.125. The highest BCUT2D eigenvalue weighted by Gasteiger charge is 2.11. The van der Waals surface area contributed by atoms with E-state index in [0.29, 0.717) is 28.0 Å². The van der Waals surface area contributed by atoms with Crippen molar-refractivity contribution in [3.63, 3.8) is 0 Å². The Morgan fingerprint density at radius 1 is 1.23 bits per heavy atom. The number of carbonyl (C=O) groups is 1. The van der Waals surface area contributed by atoms with Crippen LogP contribution in [0.15, 0.2) is 40.8 Å². The highest BCUT2D eigenvalue weighted by Crippen LogP contribution is 2.21. The molecule has 0 saturated heterocycles. The number of hydrogen-bond donors (Lipinski definition) is 1. The molecule has 0 atom stereocenters. The summed E-state index contributed by atoms with van der Waals surface area (Å²) in [4.78, 5) is 16.4. The number of hydrogen-bond acceptors (Lipinski definition) is 3. The van der Waals surface area contributed by atoms with Crippen LogP contribution in [0, 0.1) is 6.92 Å². The van der Waals surface area contributed by atoms with Gasteiger partial charge in [0.2, 0.25) is 0 Å². The van der Waals surface area contributed by atoms with E-state index in [2.05, 4.69) is 10.3 Å². The van der Waals surface area contributed by atoms with Crippen molar-refractivity contribution in [2.45, 2.75) is 13.5 Å². The Kier molecular flexibility index (Phi) is 4.05. The SMILES string of the molecule is Cc1nc2cc(CNC(=O)c3ccc(Cl)cc3Cl)ccc2o1. The second-order valence-electron chi connectivity index (χ2n) is 4.84. The lowest BCUT2D eigenvalue weighted by atomic mass is 10.2. The largest absolute Gasteiger partial charge is 0.441 e. The molecule has 0 saturated carbocycles. The van der Waals surface area contributed by atoms with Crippen LogP contribution in [0.1, 0.15) is 21.8 Å². The van der Waals surface area contributed by atoms with Gasteiger partial charge in [0, 0.05) is 18.5 Å². The van der Waals surface area contributed by atoms with Crippen molar-refractivity contribution >= 4 is 40.2 Å². The molecule has 4 nitrogen and oxygen atoms in total. The van der Waals surface area contributed by atoms with Crippen molar-refractivity contribution in [3.8, 4) is 0 Å². The molecule has 3 aromatic rings. The van der Waals surface area contributed by atoms with Gasteiger partial charge in [0.15, 0.2) is 11.5 Å². The molecular weight excluding hydrogens is 323 g/mol. The Morgan fingerprint density at radius 3 is 2.82 bits per heavy atom. The van der Waals surface area contributed by atoms with Crippen LogP contribution in [0.5, 0.6) is 0 Å². The Balaban J connectivity index is 1.74. The predicted molar refractivity (Wildman–Crippen MR) is 86.4 cm³/mol. The maximum atomic E-state index is 12.1. The van der Waals surface area contributed by atoms with E-state index >= 15 is 0 Å². The van der Waals surface area contributed by atoms with Crippen LogP contribution in [0.2, 0.25) is 10.0 Å². The van der Waals surface area contributed by atoms with Gasteiger partial charge in [-0.05, 0) is 35.9 Å². The smallest absolute Gasteiger partial charge is 0.253 e. The molecular formula is C16H12Cl2N2O2. The van der Waals surface area contributed by atoms with E-state index in [4.69, 9.17) is 27.6 Å².